The van der Waals surface area contributed by atoms with Crippen LogP contribution in [0.15, 0.2) is 132 Å². The van der Waals surface area contributed by atoms with Crippen LogP contribution in [0.5, 0.6) is 0 Å². The highest BCUT2D eigenvalue weighted by molar-refractivity contribution is 6.11. The summed E-state index contributed by atoms with van der Waals surface area (Å²) in [5.74, 6) is -1.42. The van der Waals surface area contributed by atoms with Gasteiger partial charge in [-0.2, -0.15) is 5.10 Å². The summed E-state index contributed by atoms with van der Waals surface area (Å²) >= 11 is 0. The van der Waals surface area contributed by atoms with Crippen LogP contribution < -0.4 is 16.0 Å². The van der Waals surface area contributed by atoms with Crippen LogP contribution in [-0.4, -0.2) is 31.6 Å². The van der Waals surface area contributed by atoms with E-state index >= 15 is 0 Å². The minimum atomic E-state index is -0.874. The van der Waals surface area contributed by atoms with Crippen LogP contribution in [-0.2, 0) is 9.59 Å². The lowest BCUT2D eigenvalue weighted by atomic mass is 9.79. The molecule has 0 fully saturated rings. The van der Waals surface area contributed by atoms with Crippen LogP contribution in [0.3, 0.4) is 0 Å². The molecule has 4 heterocycles. The number of anilines is 2. The van der Waals surface area contributed by atoms with Crippen LogP contribution in [0.25, 0.3) is 16.9 Å². The van der Waals surface area contributed by atoms with Crippen molar-refractivity contribution in [2.45, 2.75) is 19.8 Å². The number of nitrogens with zero attached hydrogens (tertiary/aromatic N) is 4. The van der Waals surface area contributed by atoms with Crippen molar-refractivity contribution in [2.24, 2.45) is 0 Å². The summed E-state index contributed by atoms with van der Waals surface area (Å²) in [7, 11) is 0. The number of carbonyl (C=O) groups is 2. The molecular weight excluding hydrogens is 557 g/mol. The zero-order valence-electron chi connectivity index (χ0n) is 24.0. The van der Waals surface area contributed by atoms with Gasteiger partial charge in [-0.3, -0.25) is 9.59 Å². The number of dihydropyridines is 1. The van der Waals surface area contributed by atoms with E-state index in [0.29, 0.717) is 51.0 Å². The smallest absolute Gasteiger partial charge is 0.255 e. The predicted molar refractivity (Wildman–Crippen MR) is 166 cm³/mol. The van der Waals surface area contributed by atoms with E-state index in [0.717, 1.165) is 5.69 Å². The van der Waals surface area contributed by atoms with Gasteiger partial charge in [-0.15, -0.1) is 0 Å². The molecule has 0 saturated heterocycles. The van der Waals surface area contributed by atoms with E-state index < -0.39 is 23.5 Å². The number of aromatic nitrogens is 4. The van der Waals surface area contributed by atoms with Gasteiger partial charge in [0.1, 0.15) is 17.5 Å². The number of hydrogen-bond donors (Lipinski definition) is 3. The highest BCUT2D eigenvalue weighted by Crippen LogP contribution is 2.43. The highest BCUT2D eigenvalue weighted by Gasteiger charge is 2.39. The molecule has 0 aliphatic carbocycles. The van der Waals surface area contributed by atoms with Crippen molar-refractivity contribution in [3.63, 3.8) is 0 Å². The fourth-order valence-electron chi connectivity index (χ4n) is 5.29. The number of halogens is 1. The van der Waals surface area contributed by atoms with Crippen molar-refractivity contribution in [3.8, 4) is 16.9 Å². The van der Waals surface area contributed by atoms with Crippen LogP contribution in [0.1, 0.15) is 25.3 Å². The Hall–Kier alpha value is -5.90. The number of nitrogens with one attached hydrogen (secondary N) is 3. The van der Waals surface area contributed by atoms with Gasteiger partial charge in [-0.25, -0.2) is 19.0 Å². The summed E-state index contributed by atoms with van der Waals surface area (Å²) in [6.07, 6.45) is 4.98. The van der Waals surface area contributed by atoms with Crippen LogP contribution >= 0.6 is 0 Å². The lowest BCUT2D eigenvalue weighted by molar-refractivity contribution is -0.113. The van der Waals surface area contributed by atoms with E-state index in [-0.39, 0.29) is 0 Å². The summed E-state index contributed by atoms with van der Waals surface area (Å²) in [6.45, 7) is 3.58. The fourth-order valence-corrected chi connectivity index (χ4v) is 5.29. The molecule has 3 aromatic heterocycles. The SMILES string of the molecule is CC1=C(C(=O)Nc2ccccn2)C(c2cn(-c3ccccc3)nc2-c2ccc(F)cc2)C(C(=O)Nc2ccccn2)=C(C)N1. The molecule has 2 aromatic carbocycles. The monoisotopic (exact) mass is 585 g/mol. The van der Waals surface area contributed by atoms with Crippen LogP contribution in [0, 0.1) is 5.82 Å². The molecule has 44 heavy (non-hydrogen) atoms. The number of rotatable bonds is 7. The Labute approximate surface area is 253 Å². The quantitative estimate of drug-likeness (QED) is 0.217. The Morgan fingerprint density at radius 1 is 0.750 bits per heavy atom. The molecule has 0 atom stereocenters. The molecule has 2 amide bonds. The molecule has 1 aliphatic heterocycles. The van der Waals surface area contributed by atoms with Gasteiger partial charge < -0.3 is 16.0 Å². The Kier molecular flexibility index (Phi) is 7.79. The van der Waals surface area contributed by atoms with E-state index in [4.69, 9.17) is 5.10 Å². The topological polar surface area (TPSA) is 114 Å². The lowest BCUT2D eigenvalue weighted by Crippen LogP contribution is -2.35. The average molecular weight is 586 g/mol. The third-order valence-corrected chi connectivity index (χ3v) is 7.25. The van der Waals surface area contributed by atoms with Gasteiger partial charge in [0.15, 0.2) is 0 Å². The molecular formula is C34H28FN7O2. The van der Waals surface area contributed by atoms with Gasteiger partial charge in [-0.1, -0.05) is 30.3 Å². The van der Waals surface area contributed by atoms with Gasteiger partial charge in [0, 0.05) is 52.3 Å². The number of benzene rings is 2. The van der Waals surface area contributed by atoms with Crippen molar-refractivity contribution >= 4 is 23.5 Å². The highest BCUT2D eigenvalue weighted by atomic mass is 19.1. The maximum atomic E-state index is 14.1. The van der Waals surface area contributed by atoms with Gasteiger partial charge >= 0.3 is 0 Å². The number of allylic oxidation sites excluding steroid dienone is 2. The summed E-state index contributed by atoms with van der Waals surface area (Å²) < 4.78 is 15.7. The largest absolute Gasteiger partial charge is 0.362 e. The van der Waals surface area contributed by atoms with Gasteiger partial charge in [0.2, 0.25) is 0 Å². The van der Waals surface area contributed by atoms with E-state index in [1.165, 1.54) is 12.1 Å². The molecule has 6 rings (SSSR count). The van der Waals surface area contributed by atoms with Crippen molar-refractivity contribution < 1.29 is 14.0 Å². The molecule has 5 aromatic rings. The number of pyridine rings is 2. The standard InChI is InChI=1S/C34H28FN7O2/c1-21-29(33(43)39-27-12-6-8-18-36-27)31(30(22(2)38-21)34(44)40-28-13-7-9-19-37-28)26-20-42(25-10-4-3-5-11-25)41-32(26)23-14-16-24(35)17-15-23/h3-20,31,38H,1-2H3,(H,36,39,43)(H,37,40,44). The molecule has 218 valence electrons. The first-order chi connectivity index (χ1) is 21.4. The fraction of sp³-hybridized carbons (Fsp3) is 0.0882. The van der Waals surface area contributed by atoms with Crippen LogP contribution in [0.4, 0.5) is 16.0 Å². The third-order valence-electron chi connectivity index (χ3n) is 7.25. The molecule has 1 aliphatic rings. The lowest BCUT2D eigenvalue weighted by Gasteiger charge is -2.31. The first kappa shape index (κ1) is 28.2. The molecule has 0 saturated carbocycles. The Morgan fingerprint density at radius 2 is 1.30 bits per heavy atom. The maximum Gasteiger partial charge on any atom is 0.255 e. The van der Waals surface area contributed by atoms with E-state index in [1.54, 1.807) is 79.5 Å². The number of hydrogen-bond acceptors (Lipinski definition) is 6. The average Bonchev–Trinajstić information content (AvgIpc) is 3.47. The molecule has 0 unspecified atom stereocenters. The molecule has 9 nitrogen and oxygen atoms in total. The van der Waals surface area contributed by atoms with E-state index in [1.807, 2.05) is 36.5 Å². The van der Waals surface area contributed by atoms with Gasteiger partial charge in [0.05, 0.1) is 17.3 Å². The Morgan fingerprint density at radius 3 is 1.82 bits per heavy atom. The minimum Gasteiger partial charge on any atom is -0.362 e. The van der Waals surface area contributed by atoms with Crippen LogP contribution in [0.2, 0.25) is 0 Å². The molecule has 0 radical (unpaired) electrons. The minimum absolute atomic E-state index is 0.309. The van der Waals surface area contributed by atoms with Crippen molar-refractivity contribution in [1.29, 1.82) is 0 Å². The Balaban J connectivity index is 1.55. The zero-order chi connectivity index (χ0) is 30.6. The van der Waals surface area contributed by atoms with Crippen molar-refractivity contribution in [3.05, 3.63) is 144 Å². The maximum absolute atomic E-state index is 14.1. The first-order valence-corrected chi connectivity index (χ1v) is 13.9. The predicted octanol–water partition coefficient (Wildman–Crippen LogP) is 5.98. The third kappa shape index (κ3) is 5.73. The Bertz CT molecular complexity index is 1810. The van der Waals surface area contributed by atoms with E-state index in [9.17, 15) is 14.0 Å². The second kappa shape index (κ2) is 12.1. The van der Waals surface area contributed by atoms with Crippen molar-refractivity contribution in [1.82, 2.24) is 25.1 Å². The number of amides is 2. The van der Waals surface area contributed by atoms with Crippen molar-refractivity contribution in [2.75, 3.05) is 10.6 Å². The van der Waals surface area contributed by atoms with E-state index in [2.05, 4.69) is 25.9 Å². The molecule has 10 heteroatoms. The normalized spacial score (nSPS) is 13.4. The number of carbonyl (C=O) groups excluding carboxylic acids is 2. The second-order valence-corrected chi connectivity index (χ2v) is 10.2. The summed E-state index contributed by atoms with van der Waals surface area (Å²) in [6, 6.07) is 25.9. The van der Waals surface area contributed by atoms with Gasteiger partial charge in [-0.05, 0) is 74.5 Å². The molecule has 0 spiro atoms. The summed E-state index contributed by atoms with van der Waals surface area (Å²) in [5, 5.41) is 13.9. The second-order valence-electron chi connectivity index (χ2n) is 10.2. The van der Waals surface area contributed by atoms with Gasteiger partial charge in [0.25, 0.3) is 11.8 Å². The first-order valence-electron chi connectivity index (χ1n) is 13.9. The summed E-state index contributed by atoms with van der Waals surface area (Å²) in [4.78, 5) is 36.6. The molecule has 3 N–H and O–H groups in total. The summed E-state index contributed by atoms with van der Waals surface area (Å²) in [5.41, 5.74) is 4.22. The number of para-hydroxylation sites is 1. The molecule has 0 bridgehead atoms. The zero-order valence-corrected chi connectivity index (χ0v) is 24.0.